The van der Waals surface area contributed by atoms with Gasteiger partial charge in [-0.3, -0.25) is 9.48 Å². The van der Waals surface area contributed by atoms with Crippen LogP contribution in [0.15, 0.2) is 30.7 Å². The van der Waals surface area contributed by atoms with Gasteiger partial charge < -0.3 is 19.5 Å². The maximum absolute atomic E-state index is 13.0. The Balaban J connectivity index is 1.65. The molecular formula is C20H25N7O2. The molecular weight excluding hydrogens is 370 g/mol. The van der Waals surface area contributed by atoms with Crippen LogP contribution in [0.2, 0.25) is 0 Å². The van der Waals surface area contributed by atoms with Gasteiger partial charge in [0, 0.05) is 57.3 Å². The van der Waals surface area contributed by atoms with Gasteiger partial charge in [-0.05, 0) is 25.5 Å². The highest BCUT2D eigenvalue weighted by molar-refractivity contribution is 5.95. The molecule has 4 heterocycles. The fourth-order valence-electron chi connectivity index (χ4n) is 3.62. The number of carbonyl (C=O) groups is 1. The minimum Gasteiger partial charge on any atom is -0.383 e. The van der Waals surface area contributed by atoms with Crippen molar-refractivity contribution in [3.05, 3.63) is 42.0 Å². The smallest absolute Gasteiger partial charge is 0.270 e. The van der Waals surface area contributed by atoms with E-state index in [0.29, 0.717) is 24.8 Å². The third-order valence-corrected chi connectivity index (χ3v) is 5.21. The minimum absolute atomic E-state index is 0.0204. The number of nitrogens with zero attached hydrogens (tertiary/aromatic N) is 6. The highest BCUT2D eigenvalue weighted by Gasteiger charge is 2.30. The largest absolute Gasteiger partial charge is 0.383 e. The van der Waals surface area contributed by atoms with Crippen LogP contribution in [-0.2, 0) is 18.3 Å². The number of amides is 1. The lowest BCUT2D eigenvalue weighted by Gasteiger charge is -2.34. The second-order valence-corrected chi connectivity index (χ2v) is 7.30. The normalized spacial score (nSPS) is 16.2. The molecule has 0 unspecified atom stereocenters. The quantitative estimate of drug-likeness (QED) is 0.688. The lowest BCUT2D eigenvalue weighted by molar-refractivity contribution is 0.0536. The molecule has 0 radical (unpaired) electrons. The van der Waals surface area contributed by atoms with Gasteiger partial charge in [-0.15, -0.1) is 0 Å². The molecule has 152 valence electrons. The molecule has 1 N–H and O–H groups in total. The van der Waals surface area contributed by atoms with Gasteiger partial charge in [0.05, 0.1) is 18.5 Å². The number of aryl methyl sites for hydroxylation is 2. The van der Waals surface area contributed by atoms with Gasteiger partial charge in [-0.1, -0.05) is 0 Å². The van der Waals surface area contributed by atoms with E-state index in [1.165, 1.54) is 0 Å². The Hall–Kier alpha value is -3.20. The Morgan fingerprint density at radius 3 is 2.93 bits per heavy atom. The molecule has 0 fully saturated rings. The van der Waals surface area contributed by atoms with Crippen molar-refractivity contribution in [2.75, 3.05) is 25.6 Å². The van der Waals surface area contributed by atoms with E-state index in [-0.39, 0.29) is 11.9 Å². The molecule has 29 heavy (non-hydrogen) atoms. The number of rotatable bonds is 6. The highest BCUT2D eigenvalue weighted by atomic mass is 16.5. The highest BCUT2D eigenvalue weighted by Crippen LogP contribution is 2.28. The SMILES string of the molecule is COCCN1C(=O)c2cc(-c3nc(Nc4ccnn4C)ncc3C)cn2C[C@H]1C. The number of aromatic nitrogens is 5. The van der Waals surface area contributed by atoms with E-state index in [4.69, 9.17) is 9.72 Å². The van der Waals surface area contributed by atoms with Crippen LogP contribution in [0.4, 0.5) is 11.8 Å². The lowest BCUT2D eigenvalue weighted by Crippen LogP contribution is -2.47. The lowest BCUT2D eigenvalue weighted by atomic mass is 10.1. The van der Waals surface area contributed by atoms with Crippen molar-refractivity contribution in [3.8, 4) is 11.3 Å². The second-order valence-electron chi connectivity index (χ2n) is 7.30. The zero-order valence-electron chi connectivity index (χ0n) is 17.1. The van der Waals surface area contributed by atoms with Crippen molar-refractivity contribution >= 4 is 17.7 Å². The van der Waals surface area contributed by atoms with E-state index < -0.39 is 0 Å². The number of hydrogen-bond acceptors (Lipinski definition) is 6. The van der Waals surface area contributed by atoms with Gasteiger partial charge in [-0.2, -0.15) is 5.10 Å². The standard InChI is InChI=1S/C20H25N7O2/c1-13-10-21-20(23-17-5-6-22-25(17)3)24-18(13)15-9-16-19(28)27(7-8-29-4)14(2)11-26(16)12-15/h5-6,9-10,12,14H,7-8,11H2,1-4H3,(H,21,23,24)/t14-/m1/s1. The zero-order chi connectivity index (χ0) is 20.5. The molecule has 0 saturated carbocycles. The van der Waals surface area contributed by atoms with Crippen LogP contribution in [0, 0.1) is 6.92 Å². The van der Waals surface area contributed by atoms with E-state index in [9.17, 15) is 4.79 Å². The second kappa shape index (κ2) is 7.67. The fourth-order valence-corrected chi connectivity index (χ4v) is 3.62. The van der Waals surface area contributed by atoms with Crippen LogP contribution < -0.4 is 5.32 Å². The summed E-state index contributed by atoms with van der Waals surface area (Å²) >= 11 is 0. The third-order valence-electron chi connectivity index (χ3n) is 5.21. The zero-order valence-corrected chi connectivity index (χ0v) is 17.1. The summed E-state index contributed by atoms with van der Waals surface area (Å²) < 4.78 is 8.89. The summed E-state index contributed by atoms with van der Waals surface area (Å²) in [6.45, 7) is 5.88. The molecule has 1 amide bonds. The first-order valence-corrected chi connectivity index (χ1v) is 9.57. The molecule has 9 heteroatoms. The number of fused-ring (bicyclic) bond motifs is 1. The summed E-state index contributed by atoms with van der Waals surface area (Å²) in [5.74, 6) is 1.31. The number of hydrogen-bond donors (Lipinski definition) is 1. The average Bonchev–Trinajstić information content (AvgIpc) is 3.29. The first-order chi connectivity index (χ1) is 14.0. The maximum Gasteiger partial charge on any atom is 0.270 e. The molecule has 1 aliphatic rings. The van der Waals surface area contributed by atoms with E-state index >= 15 is 0 Å². The molecule has 4 rings (SSSR count). The summed E-state index contributed by atoms with van der Waals surface area (Å²) in [5, 5.41) is 7.32. The first kappa shape index (κ1) is 19.1. The Morgan fingerprint density at radius 2 is 2.21 bits per heavy atom. The molecule has 0 spiro atoms. The van der Waals surface area contributed by atoms with E-state index in [0.717, 1.165) is 29.2 Å². The van der Waals surface area contributed by atoms with Crippen LogP contribution in [-0.4, -0.2) is 61.4 Å². The van der Waals surface area contributed by atoms with Crippen LogP contribution in [0.5, 0.6) is 0 Å². The van der Waals surface area contributed by atoms with Crippen molar-refractivity contribution in [2.24, 2.45) is 7.05 Å². The number of carbonyl (C=O) groups excluding carboxylic acids is 1. The monoisotopic (exact) mass is 395 g/mol. The Morgan fingerprint density at radius 1 is 1.38 bits per heavy atom. The molecule has 3 aromatic heterocycles. The van der Waals surface area contributed by atoms with Gasteiger partial charge >= 0.3 is 0 Å². The first-order valence-electron chi connectivity index (χ1n) is 9.57. The molecule has 1 aliphatic heterocycles. The third kappa shape index (κ3) is 3.61. The van der Waals surface area contributed by atoms with Crippen LogP contribution in [0.25, 0.3) is 11.3 Å². The van der Waals surface area contributed by atoms with Crippen molar-refractivity contribution in [1.29, 1.82) is 0 Å². The van der Waals surface area contributed by atoms with E-state index in [1.54, 1.807) is 24.2 Å². The van der Waals surface area contributed by atoms with Gasteiger partial charge in [-0.25, -0.2) is 9.97 Å². The fraction of sp³-hybridized carbons (Fsp3) is 0.400. The van der Waals surface area contributed by atoms with E-state index in [2.05, 4.69) is 22.3 Å². The van der Waals surface area contributed by atoms with Crippen molar-refractivity contribution < 1.29 is 9.53 Å². The van der Waals surface area contributed by atoms with E-state index in [1.807, 2.05) is 41.8 Å². The van der Waals surface area contributed by atoms with Crippen molar-refractivity contribution in [1.82, 2.24) is 29.2 Å². The Labute approximate surface area is 169 Å². The molecule has 0 bridgehead atoms. The minimum atomic E-state index is 0.0204. The molecule has 9 nitrogen and oxygen atoms in total. The molecule has 1 atom stereocenters. The van der Waals surface area contributed by atoms with Gasteiger partial charge in [0.25, 0.3) is 5.91 Å². The molecule has 3 aromatic rings. The Kier molecular flexibility index (Phi) is 5.06. The molecule has 0 aliphatic carbocycles. The summed E-state index contributed by atoms with van der Waals surface area (Å²) in [7, 11) is 3.50. The molecule has 0 aromatic carbocycles. The number of anilines is 2. The number of nitrogens with one attached hydrogen (secondary N) is 1. The van der Waals surface area contributed by atoms with Crippen LogP contribution in [0.3, 0.4) is 0 Å². The van der Waals surface area contributed by atoms with Gasteiger partial charge in [0.2, 0.25) is 5.95 Å². The summed E-state index contributed by atoms with van der Waals surface area (Å²) in [6.07, 6.45) is 5.50. The maximum atomic E-state index is 13.0. The average molecular weight is 395 g/mol. The number of ether oxygens (including phenoxy) is 1. The van der Waals surface area contributed by atoms with Crippen LogP contribution in [0.1, 0.15) is 23.0 Å². The summed E-state index contributed by atoms with van der Waals surface area (Å²) in [5.41, 5.74) is 3.33. The predicted octanol–water partition coefficient (Wildman–Crippen LogP) is 2.22. The predicted molar refractivity (Wildman–Crippen MR) is 109 cm³/mol. The summed E-state index contributed by atoms with van der Waals surface area (Å²) in [4.78, 5) is 23.9. The Bertz CT molecular complexity index is 1040. The number of methoxy groups -OCH3 is 1. The topological polar surface area (TPSA) is 90.1 Å². The van der Waals surface area contributed by atoms with Gasteiger partial charge in [0.15, 0.2) is 0 Å². The summed E-state index contributed by atoms with van der Waals surface area (Å²) in [6, 6.07) is 3.88. The van der Waals surface area contributed by atoms with Crippen molar-refractivity contribution in [3.63, 3.8) is 0 Å². The molecule has 0 saturated heterocycles. The van der Waals surface area contributed by atoms with Crippen molar-refractivity contribution in [2.45, 2.75) is 26.4 Å². The van der Waals surface area contributed by atoms with Crippen LogP contribution >= 0.6 is 0 Å². The van der Waals surface area contributed by atoms with Gasteiger partial charge in [0.1, 0.15) is 11.5 Å².